The molecule has 0 aromatic rings. The van der Waals surface area contributed by atoms with E-state index in [0.29, 0.717) is 0 Å². The number of hydrogen-bond donors (Lipinski definition) is 0. The minimum absolute atomic E-state index is 0. The van der Waals surface area contributed by atoms with Gasteiger partial charge in [0.1, 0.15) is 0 Å². The van der Waals surface area contributed by atoms with Crippen molar-refractivity contribution in [2.45, 2.75) is 7.43 Å². The maximum Gasteiger partial charge on any atom is 2.00 e. The molecule has 0 fully saturated rings. The van der Waals surface area contributed by atoms with Gasteiger partial charge in [-0.3, -0.25) is 0 Å². The zero-order valence-corrected chi connectivity index (χ0v) is 7.22. The van der Waals surface area contributed by atoms with E-state index < -0.39 is 0 Å². The van der Waals surface area contributed by atoms with Gasteiger partial charge in [-0.15, -0.1) is 0 Å². The molecule has 0 aliphatic carbocycles. The van der Waals surface area contributed by atoms with Gasteiger partial charge in [0.05, 0.1) is 0 Å². The zero-order valence-electron chi connectivity index (χ0n) is 2.73. The van der Waals surface area contributed by atoms with Gasteiger partial charge in [-0.05, 0) is 0 Å². The van der Waals surface area contributed by atoms with Crippen molar-refractivity contribution in [1.82, 2.24) is 0 Å². The first-order valence-electron chi connectivity index (χ1n) is 1.08. The normalized spacial score (nSPS) is 5.00. The third kappa shape index (κ3) is 17.8. The second kappa shape index (κ2) is 16.1. The smallest absolute Gasteiger partial charge is 0.794 e. The van der Waals surface area contributed by atoms with Gasteiger partial charge >= 0.3 is 23.9 Å². The van der Waals surface area contributed by atoms with Crippen LogP contribution < -0.4 is 0 Å². The fraction of sp³-hybridized carbons (Fsp3) is 1.00. The summed E-state index contributed by atoms with van der Waals surface area (Å²) in [6.45, 7) is 0. The van der Waals surface area contributed by atoms with Gasteiger partial charge in [0, 0.05) is 1.43 Å². The SMILES string of the molecule is C.[HH].[S-]CC[S-].[Sn+2]. The first kappa shape index (κ1) is 15.6. The van der Waals surface area contributed by atoms with E-state index >= 15 is 0 Å². The molecule has 0 aromatic heterocycles. The van der Waals surface area contributed by atoms with Gasteiger partial charge in [0.2, 0.25) is 0 Å². The molecule has 0 N–H and O–H groups in total. The van der Waals surface area contributed by atoms with E-state index in [1.807, 2.05) is 0 Å². The summed E-state index contributed by atoms with van der Waals surface area (Å²) in [7, 11) is 0. The molecule has 6 heavy (non-hydrogen) atoms. The summed E-state index contributed by atoms with van der Waals surface area (Å²) < 4.78 is 0. The van der Waals surface area contributed by atoms with E-state index in [0.717, 1.165) is 11.5 Å². The van der Waals surface area contributed by atoms with Crippen LogP contribution in [0.15, 0.2) is 0 Å². The monoisotopic (exact) mass is 230 g/mol. The Morgan fingerprint density at radius 1 is 1.17 bits per heavy atom. The predicted molar refractivity (Wildman–Crippen MR) is 39.1 cm³/mol. The molecule has 0 saturated heterocycles. The van der Waals surface area contributed by atoms with Crippen molar-refractivity contribution in [3.8, 4) is 0 Å². The van der Waals surface area contributed by atoms with Crippen molar-refractivity contribution >= 4 is 49.2 Å². The summed E-state index contributed by atoms with van der Waals surface area (Å²) in [4.78, 5) is 0. The molecule has 0 spiro atoms. The van der Waals surface area contributed by atoms with Crippen LogP contribution in [0.25, 0.3) is 0 Å². The second-order valence-electron chi connectivity index (χ2n) is 0.408. The van der Waals surface area contributed by atoms with Crippen LogP contribution in [-0.2, 0) is 25.3 Å². The molecule has 0 aliphatic rings. The molecule has 0 heterocycles. The molecule has 2 radical (unpaired) electrons. The fourth-order valence-corrected chi connectivity index (χ4v) is 0. The molecule has 0 aliphatic heterocycles. The van der Waals surface area contributed by atoms with Crippen LogP contribution in [-0.4, -0.2) is 35.4 Å². The van der Waals surface area contributed by atoms with Crippen LogP contribution in [0.4, 0.5) is 0 Å². The molecule has 0 atom stereocenters. The zero-order chi connectivity index (χ0) is 3.41. The van der Waals surface area contributed by atoms with Gasteiger partial charge in [0.25, 0.3) is 0 Å². The minimum Gasteiger partial charge on any atom is -0.794 e. The van der Waals surface area contributed by atoms with Crippen molar-refractivity contribution in [3.63, 3.8) is 0 Å². The summed E-state index contributed by atoms with van der Waals surface area (Å²) in [5, 5.41) is 0. The molecular weight excluding hydrogens is 219 g/mol. The number of rotatable bonds is 1. The van der Waals surface area contributed by atoms with Crippen molar-refractivity contribution in [3.05, 3.63) is 0 Å². The Morgan fingerprint density at radius 3 is 1.33 bits per heavy atom. The summed E-state index contributed by atoms with van der Waals surface area (Å²) in [5.74, 6) is 1.44. The summed E-state index contributed by atoms with van der Waals surface area (Å²) >= 11 is 8.90. The summed E-state index contributed by atoms with van der Waals surface area (Å²) in [6.07, 6.45) is 0. The van der Waals surface area contributed by atoms with Gasteiger partial charge < -0.3 is 25.3 Å². The molecular formula is C3H10S2Sn. The van der Waals surface area contributed by atoms with Crippen molar-refractivity contribution in [2.24, 2.45) is 0 Å². The van der Waals surface area contributed by atoms with E-state index in [-0.39, 0.29) is 32.8 Å². The van der Waals surface area contributed by atoms with E-state index in [1.165, 1.54) is 0 Å². The van der Waals surface area contributed by atoms with E-state index in [1.54, 1.807) is 0 Å². The molecule has 0 saturated carbocycles. The van der Waals surface area contributed by atoms with E-state index in [9.17, 15) is 0 Å². The minimum atomic E-state index is 0. The molecule has 0 bridgehead atoms. The maximum absolute atomic E-state index is 4.45. The third-order valence-corrected chi connectivity index (χ3v) is 0.750. The molecule has 0 aromatic carbocycles. The summed E-state index contributed by atoms with van der Waals surface area (Å²) in [5.41, 5.74) is 0. The number of hydrogen-bond acceptors (Lipinski definition) is 2. The molecule has 0 rings (SSSR count). The topological polar surface area (TPSA) is 0 Å². The average molecular weight is 229 g/mol. The fourth-order valence-electron chi connectivity index (χ4n) is 0. The first-order valence-corrected chi connectivity index (χ1v) is 2.23. The molecule has 3 heteroatoms. The third-order valence-electron chi connectivity index (χ3n) is 0.0833. The van der Waals surface area contributed by atoms with Crippen molar-refractivity contribution in [2.75, 3.05) is 11.5 Å². The molecule has 38 valence electrons. The Hall–Kier alpha value is 1.50. The predicted octanol–water partition coefficient (Wildman–Crippen LogP) is 0.581. The Bertz CT molecular complexity index is 14.9. The Balaban J connectivity index is -0.0000000150. The average Bonchev–Trinajstić information content (AvgIpc) is 1.37. The van der Waals surface area contributed by atoms with Gasteiger partial charge in [-0.2, -0.15) is 11.5 Å². The second-order valence-corrected chi connectivity index (χ2v) is 1.22. The van der Waals surface area contributed by atoms with Crippen LogP contribution in [0.2, 0.25) is 0 Å². The van der Waals surface area contributed by atoms with Crippen LogP contribution in [0.3, 0.4) is 0 Å². The van der Waals surface area contributed by atoms with Crippen LogP contribution in [0, 0.1) is 0 Å². The largest absolute Gasteiger partial charge is 2.00 e. The van der Waals surface area contributed by atoms with Crippen molar-refractivity contribution in [1.29, 1.82) is 0 Å². The molecule has 0 unspecified atom stereocenters. The standard InChI is InChI=1S/C2H6S2.CH4.Sn.H2/c3-1-2-4;;;/h3-4H,1-2H2;1H4;;1H/q;;+2;/p-2. The Kier molecular flexibility index (Phi) is 41.9. The van der Waals surface area contributed by atoms with Gasteiger partial charge in [-0.25, -0.2) is 0 Å². The summed E-state index contributed by atoms with van der Waals surface area (Å²) in [6, 6.07) is 0. The Morgan fingerprint density at radius 2 is 1.33 bits per heavy atom. The quantitative estimate of drug-likeness (QED) is 0.476. The molecule has 0 nitrogen and oxygen atoms in total. The van der Waals surface area contributed by atoms with Gasteiger partial charge in [-0.1, -0.05) is 7.43 Å². The van der Waals surface area contributed by atoms with Crippen molar-refractivity contribution < 1.29 is 1.43 Å². The molecule has 0 amide bonds. The van der Waals surface area contributed by atoms with E-state index in [4.69, 9.17) is 0 Å². The first-order chi connectivity index (χ1) is 1.91. The van der Waals surface area contributed by atoms with Crippen LogP contribution >= 0.6 is 0 Å². The Labute approximate surface area is 69.3 Å². The van der Waals surface area contributed by atoms with Gasteiger partial charge in [0.15, 0.2) is 0 Å². The van der Waals surface area contributed by atoms with Crippen LogP contribution in [0.5, 0.6) is 0 Å². The van der Waals surface area contributed by atoms with Crippen LogP contribution in [0.1, 0.15) is 8.85 Å². The van der Waals surface area contributed by atoms with E-state index in [2.05, 4.69) is 25.3 Å². The maximum atomic E-state index is 4.45.